The molecule has 0 aromatic carbocycles. The summed E-state index contributed by atoms with van der Waals surface area (Å²) >= 11 is 5.70. The van der Waals surface area contributed by atoms with Crippen molar-refractivity contribution >= 4 is 11.6 Å². The van der Waals surface area contributed by atoms with Crippen LogP contribution in [0.4, 0.5) is 0 Å². The van der Waals surface area contributed by atoms with Crippen LogP contribution in [0.15, 0.2) is 12.3 Å². The molecule has 0 bridgehead atoms. The summed E-state index contributed by atoms with van der Waals surface area (Å²) in [5.74, 6) is 0. The number of halogens is 1. The van der Waals surface area contributed by atoms with Gasteiger partial charge in [0.15, 0.2) is 0 Å². The van der Waals surface area contributed by atoms with E-state index in [-0.39, 0.29) is 11.4 Å². The number of piperidine rings is 1. The molecule has 1 aromatic rings. The van der Waals surface area contributed by atoms with Crippen LogP contribution in [0.25, 0.3) is 0 Å². The number of aliphatic hydroxyl groups excluding tert-OH is 1. The number of nitrogens with zero attached hydrogens (tertiary/aromatic N) is 3. The lowest BCUT2D eigenvalue weighted by Crippen LogP contribution is -2.37. The van der Waals surface area contributed by atoms with Gasteiger partial charge in [0.25, 0.3) is 0 Å². The van der Waals surface area contributed by atoms with E-state index in [2.05, 4.69) is 14.9 Å². The molecule has 2 rings (SSSR count). The van der Waals surface area contributed by atoms with Gasteiger partial charge in [-0.05, 0) is 37.1 Å². The lowest BCUT2D eigenvalue weighted by Gasteiger charge is -2.29. The van der Waals surface area contributed by atoms with Gasteiger partial charge in [-0.15, -0.1) is 0 Å². The average Bonchev–Trinajstić information content (AvgIpc) is 2.17. The summed E-state index contributed by atoms with van der Waals surface area (Å²) in [5.41, 5.74) is 0.907. The van der Waals surface area contributed by atoms with Crippen molar-refractivity contribution in [3.8, 4) is 0 Å². The van der Waals surface area contributed by atoms with Gasteiger partial charge in [-0.1, -0.05) is 0 Å². The highest BCUT2D eigenvalue weighted by molar-refractivity contribution is 6.28. The standard InChI is InChI=1S/C10H14ClN3O/c11-10-12-4-3-8(13-10)6-14-5-1-2-9(15)7-14/h3-4,9,15H,1-2,5-7H2. The molecule has 5 heteroatoms. The monoisotopic (exact) mass is 227 g/mol. The van der Waals surface area contributed by atoms with Gasteiger partial charge in [0.05, 0.1) is 11.8 Å². The molecule has 4 nitrogen and oxygen atoms in total. The molecular formula is C10H14ClN3O. The zero-order valence-corrected chi connectivity index (χ0v) is 9.19. The number of hydrogen-bond acceptors (Lipinski definition) is 4. The molecule has 82 valence electrons. The Morgan fingerprint density at radius 2 is 2.47 bits per heavy atom. The van der Waals surface area contributed by atoms with Crippen LogP contribution in [-0.4, -0.2) is 39.2 Å². The highest BCUT2D eigenvalue weighted by Gasteiger charge is 2.17. The average molecular weight is 228 g/mol. The number of rotatable bonds is 2. The first-order chi connectivity index (χ1) is 7.24. The Labute approximate surface area is 93.9 Å². The molecule has 15 heavy (non-hydrogen) atoms. The maximum atomic E-state index is 9.51. The Kier molecular flexibility index (Phi) is 3.51. The normalized spacial score (nSPS) is 22.9. The fourth-order valence-corrected chi connectivity index (χ4v) is 2.03. The van der Waals surface area contributed by atoms with Crippen molar-refractivity contribution in [1.29, 1.82) is 0 Å². The molecule has 2 heterocycles. The number of likely N-dealkylation sites (tertiary alicyclic amines) is 1. The summed E-state index contributed by atoms with van der Waals surface area (Å²) in [6.07, 6.45) is 3.41. The second-order valence-corrected chi connectivity index (χ2v) is 4.19. The van der Waals surface area contributed by atoms with Crippen LogP contribution in [0.1, 0.15) is 18.5 Å². The van der Waals surface area contributed by atoms with Crippen LogP contribution >= 0.6 is 11.6 Å². The second-order valence-electron chi connectivity index (χ2n) is 3.85. The van der Waals surface area contributed by atoms with E-state index in [0.717, 1.165) is 38.2 Å². The van der Waals surface area contributed by atoms with Gasteiger partial charge in [-0.3, -0.25) is 4.90 Å². The van der Waals surface area contributed by atoms with Gasteiger partial charge >= 0.3 is 0 Å². The highest BCUT2D eigenvalue weighted by atomic mass is 35.5. The van der Waals surface area contributed by atoms with Gasteiger partial charge in [-0.25, -0.2) is 9.97 Å². The predicted molar refractivity (Wildman–Crippen MR) is 57.6 cm³/mol. The summed E-state index contributed by atoms with van der Waals surface area (Å²) in [7, 11) is 0. The van der Waals surface area contributed by atoms with Crippen LogP contribution in [0.3, 0.4) is 0 Å². The van der Waals surface area contributed by atoms with Crippen molar-refractivity contribution in [3.05, 3.63) is 23.2 Å². The minimum atomic E-state index is -0.198. The lowest BCUT2D eigenvalue weighted by atomic mass is 10.1. The van der Waals surface area contributed by atoms with Crippen LogP contribution < -0.4 is 0 Å². The first-order valence-corrected chi connectivity index (χ1v) is 5.49. The number of aliphatic hydroxyl groups is 1. The quantitative estimate of drug-likeness (QED) is 0.769. The molecule has 0 aliphatic carbocycles. The van der Waals surface area contributed by atoms with Crippen LogP contribution in [0.2, 0.25) is 5.28 Å². The Morgan fingerprint density at radius 1 is 1.60 bits per heavy atom. The third-order valence-corrected chi connectivity index (χ3v) is 2.73. The van der Waals surface area contributed by atoms with Crippen LogP contribution in [0.5, 0.6) is 0 Å². The molecule has 1 aliphatic rings. The van der Waals surface area contributed by atoms with Crippen LogP contribution in [-0.2, 0) is 6.54 Å². The van der Waals surface area contributed by atoms with E-state index >= 15 is 0 Å². The van der Waals surface area contributed by atoms with Gasteiger partial charge < -0.3 is 5.11 Å². The van der Waals surface area contributed by atoms with E-state index in [1.165, 1.54) is 0 Å². The van der Waals surface area contributed by atoms with Gasteiger partial charge in [0.1, 0.15) is 0 Å². The Bertz CT molecular complexity index is 334. The third kappa shape index (κ3) is 3.12. The first kappa shape index (κ1) is 10.8. The maximum absolute atomic E-state index is 9.51. The number of aromatic nitrogens is 2. The Morgan fingerprint density at radius 3 is 3.20 bits per heavy atom. The van der Waals surface area contributed by atoms with E-state index in [4.69, 9.17) is 11.6 Å². The predicted octanol–water partition coefficient (Wildman–Crippen LogP) is 1.09. The largest absolute Gasteiger partial charge is 0.392 e. The second kappa shape index (κ2) is 4.88. The van der Waals surface area contributed by atoms with Crippen molar-refractivity contribution in [1.82, 2.24) is 14.9 Å². The smallest absolute Gasteiger partial charge is 0.222 e. The maximum Gasteiger partial charge on any atom is 0.222 e. The number of hydrogen-bond donors (Lipinski definition) is 1. The van der Waals surface area contributed by atoms with Crippen molar-refractivity contribution in [2.24, 2.45) is 0 Å². The van der Waals surface area contributed by atoms with Gasteiger partial charge in [0.2, 0.25) is 5.28 Å². The molecule has 1 unspecified atom stereocenters. The summed E-state index contributed by atoms with van der Waals surface area (Å²) in [6, 6.07) is 1.85. The van der Waals surface area contributed by atoms with Gasteiger partial charge in [-0.2, -0.15) is 0 Å². The molecule has 1 saturated heterocycles. The molecule has 1 fully saturated rings. The van der Waals surface area contributed by atoms with Crippen LogP contribution in [0, 0.1) is 0 Å². The van der Waals surface area contributed by atoms with Gasteiger partial charge in [0, 0.05) is 19.3 Å². The molecule has 0 radical (unpaired) electrons. The van der Waals surface area contributed by atoms with E-state index in [0.29, 0.717) is 0 Å². The van der Waals surface area contributed by atoms with Crippen molar-refractivity contribution in [3.63, 3.8) is 0 Å². The van der Waals surface area contributed by atoms with E-state index in [1.54, 1.807) is 6.20 Å². The molecular weight excluding hydrogens is 214 g/mol. The molecule has 1 N–H and O–H groups in total. The minimum Gasteiger partial charge on any atom is -0.392 e. The molecule has 0 amide bonds. The molecule has 1 atom stereocenters. The van der Waals surface area contributed by atoms with E-state index in [1.807, 2.05) is 6.07 Å². The highest BCUT2D eigenvalue weighted by Crippen LogP contribution is 2.12. The van der Waals surface area contributed by atoms with Crippen molar-refractivity contribution in [2.75, 3.05) is 13.1 Å². The number of β-amino-alcohol motifs (C(OH)–C–C–N with tert-alkyl or cyclic N) is 1. The summed E-state index contributed by atoms with van der Waals surface area (Å²) in [5, 5.41) is 9.79. The zero-order valence-electron chi connectivity index (χ0n) is 8.43. The van der Waals surface area contributed by atoms with Crippen molar-refractivity contribution < 1.29 is 5.11 Å². The molecule has 0 spiro atoms. The SMILES string of the molecule is OC1CCCN(Cc2ccnc(Cl)n2)C1. The summed E-state index contributed by atoms with van der Waals surface area (Å²) in [6.45, 7) is 2.47. The topological polar surface area (TPSA) is 49.2 Å². The molecule has 1 aliphatic heterocycles. The lowest BCUT2D eigenvalue weighted by molar-refractivity contribution is 0.0662. The fraction of sp³-hybridized carbons (Fsp3) is 0.600. The molecule has 0 saturated carbocycles. The Balaban J connectivity index is 1.96. The summed E-state index contributed by atoms with van der Waals surface area (Å²) < 4.78 is 0. The minimum absolute atomic E-state index is 0.198. The Hall–Kier alpha value is -0.710. The summed E-state index contributed by atoms with van der Waals surface area (Å²) in [4.78, 5) is 10.1. The van der Waals surface area contributed by atoms with Crippen molar-refractivity contribution in [2.45, 2.75) is 25.5 Å². The fourth-order valence-electron chi connectivity index (χ4n) is 1.86. The van der Waals surface area contributed by atoms with E-state index in [9.17, 15) is 5.11 Å². The zero-order chi connectivity index (χ0) is 10.7. The van der Waals surface area contributed by atoms with E-state index < -0.39 is 0 Å². The third-order valence-electron chi connectivity index (χ3n) is 2.55. The first-order valence-electron chi connectivity index (χ1n) is 5.12. The molecule has 1 aromatic heterocycles.